The number of hydrogen-bond donors (Lipinski definition) is 1. The van der Waals surface area contributed by atoms with Crippen molar-refractivity contribution in [1.82, 2.24) is 0 Å². The molecule has 1 N–H and O–H groups in total. The molecule has 0 saturated heterocycles. The minimum Gasteiger partial charge on any atom is -0.462 e. The first-order valence-corrected chi connectivity index (χ1v) is 16.6. The van der Waals surface area contributed by atoms with Gasteiger partial charge in [0.15, 0.2) is 0 Å². The van der Waals surface area contributed by atoms with E-state index in [1.54, 1.807) is 6.92 Å². The topological polar surface area (TPSA) is 72.8 Å². The molecule has 236 valence electrons. The summed E-state index contributed by atoms with van der Waals surface area (Å²) in [6.45, 7) is 10.9. The molecule has 0 spiro atoms. The Morgan fingerprint density at radius 3 is 1.98 bits per heavy atom. The highest BCUT2D eigenvalue weighted by Crippen LogP contribution is 2.34. The molecule has 1 atom stereocenters. The summed E-state index contributed by atoms with van der Waals surface area (Å²) in [5, 5.41) is 11.8. The number of ether oxygens (including phenoxy) is 2. The van der Waals surface area contributed by atoms with Crippen molar-refractivity contribution in [3.8, 4) is 0 Å². The van der Waals surface area contributed by atoms with Gasteiger partial charge in [0.25, 0.3) is 0 Å². The van der Waals surface area contributed by atoms with E-state index in [9.17, 15) is 9.59 Å². The van der Waals surface area contributed by atoms with E-state index in [1.807, 2.05) is 0 Å². The maximum atomic E-state index is 11.9. The molecule has 2 aromatic rings. The summed E-state index contributed by atoms with van der Waals surface area (Å²) in [5.74, 6) is 0.484. The van der Waals surface area contributed by atoms with Crippen LogP contribution in [0.4, 0.5) is 0 Å². The minimum absolute atomic E-state index is 0.0251. The number of aliphatic hydroxyl groups excluding tert-OH is 1. The summed E-state index contributed by atoms with van der Waals surface area (Å²) in [6, 6.07) is 14.0. The largest absolute Gasteiger partial charge is 0.462 e. The van der Waals surface area contributed by atoms with Gasteiger partial charge in [-0.1, -0.05) is 114 Å². The van der Waals surface area contributed by atoms with Crippen LogP contribution in [0.15, 0.2) is 60.7 Å². The van der Waals surface area contributed by atoms with Gasteiger partial charge in [0.2, 0.25) is 0 Å². The molecule has 1 aliphatic carbocycles. The van der Waals surface area contributed by atoms with Crippen LogP contribution < -0.4 is 0 Å². The molecule has 1 fully saturated rings. The average molecular weight is 591 g/mol. The van der Waals surface area contributed by atoms with Crippen LogP contribution in [-0.2, 0) is 31.9 Å². The second kappa shape index (κ2) is 18.7. The SMILES string of the molecule is C=C(C)C(=O)OCC(CCCCC1CCC(CCc2ccc3cc(CCCCC)ccc3c2)CC1)COC(=O)C(=C)CO. The third-order valence-corrected chi connectivity index (χ3v) is 9.05. The van der Waals surface area contributed by atoms with E-state index in [2.05, 4.69) is 56.5 Å². The number of unbranched alkanes of at least 4 members (excludes halogenated alkanes) is 3. The number of carbonyl (C=O) groups is 2. The number of hydrogen-bond acceptors (Lipinski definition) is 5. The number of esters is 2. The summed E-state index contributed by atoms with van der Waals surface area (Å²) in [6.07, 6.45) is 16.9. The molecular formula is C38H54O5. The van der Waals surface area contributed by atoms with E-state index >= 15 is 0 Å². The molecule has 1 aliphatic rings. The lowest BCUT2D eigenvalue weighted by Crippen LogP contribution is -2.22. The van der Waals surface area contributed by atoms with E-state index in [0.29, 0.717) is 5.57 Å². The van der Waals surface area contributed by atoms with E-state index in [4.69, 9.17) is 14.6 Å². The zero-order chi connectivity index (χ0) is 31.0. The number of fused-ring (bicyclic) bond motifs is 1. The lowest BCUT2D eigenvalue weighted by Gasteiger charge is -2.28. The third kappa shape index (κ3) is 12.3. The highest BCUT2D eigenvalue weighted by Gasteiger charge is 2.22. The fraction of sp³-hybridized carbons (Fsp3) is 0.579. The quantitative estimate of drug-likeness (QED) is 0.101. The van der Waals surface area contributed by atoms with Crippen LogP contribution in [-0.4, -0.2) is 36.9 Å². The molecule has 3 rings (SSSR count). The Kier molecular flexibility index (Phi) is 15.0. The van der Waals surface area contributed by atoms with Crippen molar-refractivity contribution in [3.63, 3.8) is 0 Å². The van der Waals surface area contributed by atoms with Gasteiger partial charge in [0, 0.05) is 11.5 Å². The fourth-order valence-electron chi connectivity index (χ4n) is 6.17. The number of aliphatic hydroxyl groups is 1. The first-order chi connectivity index (χ1) is 20.8. The van der Waals surface area contributed by atoms with Crippen LogP contribution in [0.25, 0.3) is 10.8 Å². The Morgan fingerprint density at radius 1 is 0.814 bits per heavy atom. The van der Waals surface area contributed by atoms with Crippen LogP contribution in [0.5, 0.6) is 0 Å². The first-order valence-electron chi connectivity index (χ1n) is 16.6. The molecule has 1 saturated carbocycles. The van der Waals surface area contributed by atoms with Gasteiger partial charge in [-0.25, -0.2) is 9.59 Å². The van der Waals surface area contributed by atoms with Gasteiger partial charge in [0.1, 0.15) is 0 Å². The normalized spacial score (nSPS) is 17.4. The summed E-state index contributed by atoms with van der Waals surface area (Å²) in [4.78, 5) is 23.8. The Hall–Kier alpha value is -2.92. The van der Waals surface area contributed by atoms with Gasteiger partial charge in [0.05, 0.1) is 25.4 Å². The van der Waals surface area contributed by atoms with Gasteiger partial charge < -0.3 is 14.6 Å². The predicted octanol–water partition coefficient (Wildman–Crippen LogP) is 8.70. The molecule has 0 radical (unpaired) electrons. The van der Waals surface area contributed by atoms with Gasteiger partial charge >= 0.3 is 11.9 Å². The Bertz CT molecular complexity index is 1190. The molecule has 5 heteroatoms. The van der Waals surface area contributed by atoms with Crippen LogP contribution in [0.2, 0.25) is 0 Å². The third-order valence-electron chi connectivity index (χ3n) is 9.05. The lowest BCUT2D eigenvalue weighted by atomic mass is 9.77. The van der Waals surface area contributed by atoms with Crippen molar-refractivity contribution in [2.75, 3.05) is 19.8 Å². The van der Waals surface area contributed by atoms with Crippen LogP contribution in [0.1, 0.15) is 102 Å². The summed E-state index contributed by atoms with van der Waals surface area (Å²) in [7, 11) is 0. The summed E-state index contributed by atoms with van der Waals surface area (Å²) in [5.41, 5.74) is 3.30. The van der Waals surface area contributed by atoms with Crippen molar-refractivity contribution in [1.29, 1.82) is 0 Å². The Morgan fingerprint density at radius 2 is 1.40 bits per heavy atom. The van der Waals surface area contributed by atoms with Crippen LogP contribution >= 0.6 is 0 Å². The van der Waals surface area contributed by atoms with Crippen molar-refractivity contribution in [2.24, 2.45) is 17.8 Å². The molecule has 43 heavy (non-hydrogen) atoms. The molecule has 5 nitrogen and oxygen atoms in total. The monoisotopic (exact) mass is 590 g/mol. The van der Waals surface area contributed by atoms with E-state index in [0.717, 1.165) is 37.5 Å². The molecule has 0 heterocycles. The maximum Gasteiger partial charge on any atom is 0.335 e. The highest BCUT2D eigenvalue weighted by atomic mass is 16.5. The van der Waals surface area contributed by atoms with Crippen LogP contribution in [0, 0.1) is 17.8 Å². The molecule has 0 amide bonds. The summed E-state index contributed by atoms with van der Waals surface area (Å²) < 4.78 is 10.6. The number of benzene rings is 2. The standard InChI is InChI=1S/C38H54O5/c1-5-6-7-11-32-19-21-36-24-33(20-22-35(36)23-32)18-17-31-15-13-30(14-16-31)10-8-9-12-34(26-42-37(40)28(2)3)27-43-38(41)29(4)25-39/h19-24,30-31,34,39H,2,4-18,25-27H2,1,3H3. The zero-order valence-corrected chi connectivity index (χ0v) is 26.7. The summed E-state index contributed by atoms with van der Waals surface area (Å²) >= 11 is 0. The number of carbonyl (C=O) groups excluding carboxylic acids is 2. The van der Waals surface area contributed by atoms with E-state index in [-0.39, 0.29) is 24.7 Å². The van der Waals surface area contributed by atoms with Gasteiger partial charge in [-0.2, -0.15) is 0 Å². The number of rotatable bonds is 19. The van der Waals surface area contributed by atoms with Crippen molar-refractivity contribution < 1.29 is 24.2 Å². The lowest BCUT2D eigenvalue weighted by molar-refractivity contribution is -0.144. The van der Waals surface area contributed by atoms with Crippen molar-refractivity contribution in [3.05, 3.63) is 71.8 Å². The second-order valence-corrected chi connectivity index (χ2v) is 12.8. The molecule has 0 bridgehead atoms. The number of aryl methyl sites for hydroxylation is 2. The van der Waals surface area contributed by atoms with E-state index in [1.165, 1.54) is 86.1 Å². The maximum absolute atomic E-state index is 11.9. The zero-order valence-electron chi connectivity index (χ0n) is 26.7. The van der Waals surface area contributed by atoms with Crippen molar-refractivity contribution >= 4 is 22.7 Å². The van der Waals surface area contributed by atoms with Gasteiger partial charge in [-0.15, -0.1) is 0 Å². The Balaban J connectivity index is 1.35. The highest BCUT2D eigenvalue weighted by molar-refractivity contribution is 5.88. The Labute approximate surface area is 259 Å². The molecule has 0 aromatic heterocycles. The molecule has 0 aliphatic heterocycles. The fourth-order valence-corrected chi connectivity index (χ4v) is 6.17. The molecular weight excluding hydrogens is 536 g/mol. The average Bonchev–Trinajstić information content (AvgIpc) is 3.02. The molecule has 1 unspecified atom stereocenters. The smallest absolute Gasteiger partial charge is 0.335 e. The van der Waals surface area contributed by atoms with Crippen LogP contribution in [0.3, 0.4) is 0 Å². The predicted molar refractivity (Wildman–Crippen MR) is 176 cm³/mol. The van der Waals surface area contributed by atoms with Gasteiger partial charge in [-0.05, 0) is 72.8 Å². The van der Waals surface area contributed by atoms with E-state index < -0.39 is 18.5 Å². The molecule has 2 aromatic carbocycles. The van der Waals surface area contributed by atoms with Gasteiger partial charge in [-0.3, -0.25) is 0 Å². The first kappa shape index (κ1) is 34.6. The second-order valence-electron chi connectivity index (χ2n) is 12.8. The minimum atomic E-state index is -0.608. The van der Waals surface area contributed by atoms with Crippen molar-refractivity contribution in [2.45, 2.75) is 104 Å².